The Morgan fingerprint density at radius 1 is 1.10 bits per heavy atom. The van der Waals surface area contributed by atoms with Crippen LogP contribution in [0.1, 0.15) is 72.0 Å². The molecule has 0 unspecified atom stereocenters. The number of rotatable bonds is 5. The summed E-state index contributed by atoms with van der Waals surface area (Å²) in [6, 6.07) is 8.33. The number of pyridine rings is 2. The molecule has 11 heteroatoms. The van der Waals surface area contributed by atoms with Gasteiger partial charge in [-0.1, -0.05) is 19.9 Å². The monoisotopic (exact) mass is 554 g/mol. The van der Waals surface area contributed by atoms with Crippen molar-refractivity contribution in [1.29, 1.82) is 0 Å². The van der Waals surface area contributed by atoms with Gasteiger partial charge in [-0.05, 0) is 48.6 Å². The summed E-state index contributed by atoms with van der Waals surface area (Å²) in [6.07, 6.45) is 2.93. The summed E-state index contributed by atoms with van der Waals surface area (Å²) >= 11 is 0. The maximum absolute atomic E-state index is 13.9. The fraction of sp³-hybridized carbons (Fsp3) is 0.333. The molecular weight excluding hydrogens is 527 g/mol. The number of carbonyl (C=O) groups is 2. The number of ether oxygens (including phenoxy) is 1. The molecule has 0 bridgehead atoms. The van der Waals surface area contributed by atoms with Crippen molar-refractivity contribution in [1.82, 2.24) is 25.1 Å². The number of halogens is 1. The number of anilines is 1. The van der Waals surface area contributed by atoms with Crippen LogP contribution in [-0.4, -0.2) is 50.0 Å². The Bertz CT molecular complexity index is 1720. The van der Waals surface area contributed by atoms with Crippen LogP contribution in [0.15, 0.2) is 40.9 Å². The third-order valence-corrected chi connectivity index (χ3v) is 7.88. The van der Waals surface area contributed by atoms with Crippen LogP contribution >= 0.6 is 0 Å². The number of nitrogens with zero attached hydrogens (tertiary/aromatic N) is 6. The van der Waals surface area contributed by atoms with Crippen LogP contribution in [-0.2, 0) is 11.3 Å². The van der Waals surface area contributed by atoms with E-state index in [9.17, 15) is 14.0 Å². The van der Waals surface area contributed by atoms with E-state index < -0.39 is 5.82 Å². The molecule has 1 fully saturated rings. The molecule has 3 aromatic heterocycles. The molecule has 0 N–H and O–H groups in total. The molecule has 1 atom stereocenters. The van der Waals surface area contributed by atoms with E-state index in [1.165, 1.54) is 6.07 Å². The first-order valence-electron chi connectivity index (χ1n) is 13.7. The zero-order valence-corrected chi connectivity index (χ0v) is 22.8. The van der Waals surface area contributed by atoms with Gasteiger partial charge in [-0.25, -0.2) is 4.39 Å². The minimum atomic E-state index is -0.444. The highest BCUT2D eigenvalue weighted by atomic mass is 19.1. The summed E-state index contributed by atoms with van der Waals surface area (Å²) < 4.78 is 25.2. The smallest absolute Gasteiger partial charge is 0.265 e. The molecule has 0 spiro atoms. The van der Waals surface area contributed by atoms with Crippen LogP contribution in [0.25, 0.3) is 22.6 Å². The molecule has 1 aromatic carbocycles. The van der Waals surface area contributed by atoms with E-state index in [1.54, 1.807) is 24.0 Å². The second kappa shape index (κ2) is 9.46. The first-order valence-corrected chi connectivity index (χ1v) is 13.7. The van der Waals surface area contributed by atoms with E-state index in [-0.39, 0.29) is 36.9 Å². The summed E-state index contributed by atoms with van der Waals surface area (Å²) in [6.45, 7) is 6.52. The number of carbonyl (C=O) groups excluding carboxylic acids is 2. The lowest BCUT2D eigenvalue weighted by molar-refractivity contribution is -0.121. The van der Waals surface area contributed by atoms with Gasteiger partial charge in [0.05, 0.1) is 52.7 Å². The molecule has 208 valence electrons. The number of benzene rings is 1. The van der Waals surface area contributed by atoms with Gasteiger partial charge in [0.15, 0.2) is 6.61 Å². The average molecular weight is 555 g/mol. The molecule has 10 nitrogen and oxygen atoms in total. The van der Waals surface area contributed by atoms with Crippen molar-refractivity contribution in [2.24, 2.45) is 0 Å². The summed E-state index contributed by atoms with van der Waals surface area (Å²) in [5, 5.41) is 8.39. The molecule has 41 heavy (non-hydrogen) atoms. The highest BCUT2D eigenvalue weighted by Crippen LogP contribution is 2.50. The molecule has 3 aliphatic heterocycles. The number of aromatic nitrogens is 4. The molecule has 2 amide bonds. The lowest BCUT2D eigenvalue weighted by Crippen LogP contribution is -2.38. The molecule has 6 heterocycles. The molecule has 0 radical (unpaired) electrons. The van der Waals surface area contributed by atoms with Crippen molar-refractivity contribution in [2.45, 2.75) is 52.1 Å². The minimum Gasteiger partial charge on any atom is -0.482 e. The van der Waals surface area contributed by atoms with Crippen molar-refractivity contribution in [2.75, 3.05) is 18.1 Å². The van der Waals surface area contributed by atoms with Gasteiger partial charge in [-0.2, -0.15) is 0 Å². The van der Waals surface area contributed by atoms with Crippen molar-refractivity contribution >= 4 is 17.5 Å². The molecule has 1 saturated heterocycles. The average Bonchev–Trinajstić information content (AvgIpc) is 3.68. The normalized spacial score (nSPS) is 17.6. The van der Waals surface area contributed by atoms with Gasteiger partial charge < -0.3 is 14.1 Å². The summed E-state index contributed by atoms with van der Waals surface area (Å²) in [7, 11) is 0. The minimum absolute atomic E-state index is 0.0111. The predicted molar refractivity (Wildman–Crippen MR) is 146 cm³/mol. The van der Waals surface area contributed by atoms with E-state index in [1.807, 2.05) is 17.0 Å². The van der Waals surface area contributed by atoms with Crippen LogP contribution in [0.4, 0.5) is 10.1 Å². The first kappa shape index (κ1) is 25.3. The fourth-order valence-electron chi connectivity index (χ4n) is 6.03. The highest BCUT2D eigenvalue weighted by molar-refractivity contribution is 6.08. The molecule has 0 aliphatic carbocycles. The fourth-order valence-corrected chi connectivity index (χ4v) is 6.03. The molecule has 3 aliphatic rings. The highest BCUT2D eigenvalue weighted by Gasteiger charge is 2.45. The second-order valence-electron chi connectivity index (χ2n) is 10.9. The topological polar surface area (TPSA) is 115 Å². The van der Waals surface area contributed by atoms with Gasteiger partial charge in [0.25, 0.3) is 11.8 Å². The number of fused-ring (bicyclic) bond motifs is 4. The lowest BCUT2D eigenvalue weighted by Gasteiger charge is -2.30. The van der Waals surface area contributed by atoms with Crippen LogP contribution < -0.4 is 9.64 Å². The van der Waals surface area contributed by atoms with Crippen LogP contribution in [0.5, 0.6) is 5.75 Å². The van der Waals surface area contributed by atoms with Gasteiger partial charge >= 0.3 is 0 Å². The van der Waals surface area contributed by atoms with E-state index >= 15 is 0 Å². The third-order valence-electron chi connectivity index (χ3n) is 7.88. The van der Waals surface area contributed by atoms with Crippen LogP contribution in [0.2, 0.25) is 0 Å². The Balaban J connectivity index is 1.42. The zero-order chi connectivity index (χ0) is 28.4. The predicted octanol–water partition coefficient (Wildman–Crippen LogP) is 4.98. The van der Waals surface area contributed by atoms with Gasteiger partial charge in [0, 0.05) is 19.0 Å². The van der Waals surface area contributed by atoms with Crippen LogP contribution in [0, 0.1) is 12.7 Å². The second-order valence-corrected chi connectivity index (χ2v) is 10.9. The zero-order valence-electron chi connectivity index (χ0n) is 22.8. The molecular formula is C30H27FN6O4. The maximum atomic E-state index is 13.9. The maximum Gasteiger partial charge on any atom is 0.265 e. The van der Waals surface area contributed by atoms with Crippen molar-refractivity contribution < 1.29 is 23.1 Å². The van der Waals surface area contributed by atoms with E-state index in [0.717, 1.165) is 36.0 Å². The van der Waals surface area contributed by atoms with Crippen molar-refractivity contribution in [3.8, 4) is 28.3 Å². The molecule has 4 aromatic rings. The Morgan fingerprint density at radius 3 is 2.68 bits per heavy atom. The SMILES string of the molecule is Cc1nnc(-c2c(C(C)C)nc3c(c2-c2ccc4c(c2)OCC(=O)N4Cc2ccc(F)cn2)C(=O)N2CCC[C@@H]32)o1. The van der Waals surface area contributed by atoms with Gasteiger partial charge in [-0.15, -0.1) is 10.2 Å². The molecule has 7 rings (SSSR count). The summed E-state index contributed by atoms with van der Waals surface area (Å²) in [5.74, 6) is 0.466. The van der Waals surface area contributed by atoms with E-state index in [0.29, 0.717) is 52.1 Å². The lowest BCUT2D eigenvalue weighted by atomic mass is 9.88. The first-order chi connectivity index (χ1) is 19.8. The summed E-state index contributed by atoms with van der Waals surface area (Å²) in [5.41, 5.74) is 5.25. The van der Waals surface area contributed by atoms with E-state index in [2.05, 4.69) is 29.0 Å². The van der Waals surface area contributed by atoms with Crippen molar-refractivity contribution in [3.63, 3.8) is 0 Å². The van der Waals surface area contributed by atoms with Crippen molar-refractivity contribution in [3.05, 3.63) is 70.9 Å². The number of amides is 2. The Hall–Kier alpha value is -4.67. The molecule has 0 saturated carbocycles. The number of hydrogen-bond donors (Lipinski definition) is 0. The largest absolute Gasteiger partial charge is 0.482 e. The Labute approximate surface area is 235 Å². The Kier molecular flexibility index (Phi) is 5.84. The standard InChI is InChI=1S/C30H27FN6O4/c1-15(2)27-25(29-35-34-16(3)41-29)24(26-28(33-27)21-5-4-10-36(21)30(26)39)17-6-9-20-22(11-17)40-14-23(38)37(20)13-19-8-7-18(31)12-32-19/h6-9,11-12,15,21H,4-5,10,13-14H2,1-3H3/t21-/m0/s1. The quantitative estimate of drug-likeness (QED) is 0.339. The third kappa shape index (κ3) is 4.06. The number of aryl methyl sites for hydroxylation is 1. The van der Waals surface area contributed by atoms with Gasteiger partial charge in [0.2, 0.25) is 11.8 Å². The Morgan fingerprint density at radius 2 is 1.95 bits per heavy atom. The number of hydrogen-bond acceptors (Lipinski definition) is 8. The summed E-state index contributed by atoms with van der Waals surface area (Å²) in [4.78, 5) is 39.4. The van der Waals surface area contributed by atoms with E-state index in [4.69, 9.17) is 14.1 Å². The van der Waals surface area contributed by atoms with Crippen LogP contribution in [0.3, 0.4) is 0 Å². The van der Waals surface area contributed by atoms with Gasteiger partial charge in [0.1, 0.15) is 11.6 Å². The van der Waals surface area contributed by atoms with Gasteiger partial charge in [-0.3, -0.25) is 24.5 Å².